The van der Waals surface area contributed by atoms with Gasteiger partial charge in [0.2, 0.25) is 0 Å². The van der Waals surface area contributed by atoms with E-state index < -0.39 is 0 Å². The maximum atomic E-state index is 5.62. The molecule has 0 spiro atoms. The highest BCUT2D eigenvalue weighted by molar-refractivity contribution is 7.15. The second-order valence-corrected chi connectivity index (χ2v) is 8.15. The van der Waals surface area contributed by atoms with Crippen LogP contribution in [0.5, 0.6) is 0 Å². The minimum atomic E-state index is 0.266. The number of nitrogens with one attached hydrogen (secondary N) is 1. The van der Waals surface area contributed by atoms with Gasteiger partial charge in [-0.1, -0.05) is 0 Å². The number of aromatic nitrogens is 5. The Labute approximate surface area is 166 Å². The number of H-pyrrole nitrogens is 1. The Hall–Kier alpha value is -2.84. The Morgan fingerprint density at radius 1 is 1.25 bits per heavy atom. The zero-order valence-corrected chi connectivity index (χ0v) is 16.5. The molecule has 0 aromatic carbocycles. The van der Waals surface area contributed by atoms with Crippen molar-refractivity contribution in [2.45, 2.75) is 19.9 Å². The van der Waals surface area contributed by atoms with E-state index in [1.54, 1.807) is 17.5 Å². The van der Waals surface area contributed by atoms with Gasteiger partial charge >= 0.3 is 0 Å². The topological polar surface area (TPSA) is 79.8 Å². The summed E-state index contributed by atoms with van der Waals surface area (Å²) in [7, 11) is 0. The van der Waals surface area contributed by atoms with Crippen LogP contribution in [0.1, 0.15) is 11.9 Å². The molecule has 1 atom stereocenters. The molecule has 4 aromatic rings. The van der Waals surface area contributed by atoms with Gasteiger partial charge in [-0.25, -0.2) is 9.97 Å². The molecule has 0 aliphatic carbocycles. The Kier molecular flexibility index (Phi) is 4.29. The summed E-state index contributed by atoms with van der Waals surface area (Å²) in [5.41, 5.74) is 3.66. The fourth-order valence-corrected chi connectivity index (χ4v) is 4.44. The molecule has 5 rings (SSSR count). The molecular weight excluding hydrogens is 372 g/mol. The fourth-order valence-electron chi connectivity index (χ4n) is 3.63. The van der Waals surface area contributed by atoms with Crippen molar-refractivity contribution in [3.63, 3.8) is 0 Å². The van der Waals surface area contributed by atoms with Gasteiger partial charge in [-0.05, 0) is 32.0 Å². The van der Waals surface area contributed by atoms with Crippen LogP contribution in [-0.2, 0) is 4.74 Å². The van der Waals surface area contributed by atoms with Gasteiger partial charge in [0.25, 0.3) is 0 Å². The number of pyridine rings is 2. The number of hydrogen-bond donors (Lipinski definition) is 1. The van der Waals surface area contributed by atoms with Gasteiger partial charge in [0.1, 0.15) is 17.0 Å². The number of fused-ring (bicyclic) bond motifs is 1. The van der Waals surface area contributed by atoms with E-state index in [1.165, 1.54) is 0 Å². The number of hydrogen-bond acceptors (Lipinski definition) is 7. The largest absolute Gasteiger partial charge is 0.377 e. The maximum Gasteiger partial charge on any atom is 0.130 e. The van der Waals surface area contributed by atoms with Gasteiger partial charge in [-0.2, -0.15) is 5.10 Å². The van der Waals surface area contributed by atoms with Crippen molar-refractivity contribution in [3.8, 4) is 21.8 Å². The smallest absolute Gasteiger partial charge is 0.130 e. The molecule has 1 fully saturated rings. The number of aryl methyl sites for hydroxylation is 1. The van der Waals surface area contributed by atoms with E-state index in [9.17, 15) is 0 Å². The zero-order valence-electron chi connectivity index (χ0n) is 15.7. The quantitative estimate of drug-likeness (QED) is 0.573. The number of thiazole rings is 1. The highest BCUT2D eigenvalue weighted by Crippen LogP contribution is 2.37. The van der Waals surface area contributed by atoms with Crippen LogP contribution in [0.2, 0.25) is 0 Å². The van der Waals surface area contributed by atoms with Gasteiger partial charge in [0, 0.05) is 36.1 Å². The Morgan fingerprint density at radius 3 is 2.93 bits per heavy atom. The van der Waals surface area contributed by atoms with Crippen molar-refractivity contribution in [2.75, 3.05) is 24.7 Å². The maximum absolute atomic E-state index is 5.62. The summed E-state index contributed by atoms with van der Waals surface area (Å²) >= 11 is 1.69. The summed E-state index contributed by atoms with van der Waals surface area (Å²) in [5.74, 6) is 0.943. The first-order valence-electron chi connectivity index (χ1n) is 9.27. The number of anilines is 1. The molecule has 1 aliphatic rings. The number of ether oxygens (including phenoxy) is 1. The molecule has 1 saturated heterocycles. The standard InChI is InChI=1S/C20H20N6OS/c1-12-11-27-8-7-26(12)18-9-15(17-10-22-13(2)28-17)14-3-5-21-20(19(14)24-18)16-4-6-23-25-16/h3-6,9-10,12H,7-8,11H2,1-2H3,(H,23,25). The van der Waals surface area contributed by atoms with Crippen LogP contribution in [0.3, 0.4) is 0 Å². The third-order valence-electron chi connectivity index (χ3n) is 5.02. The predicted octanol–water partition coefficient (Wildman–Crippen LogP) is 3.68. The van der Waals surface area contributed by atoms with Crippen LogP contribution in [0.15, 0.2) is 36.8 Å². The molecule has 5 heterocycles. The monoisotopic (exact) mass is 392 g/mol. The van der Waals surface area contributed by atoms with Crippen molar-refractivity contribution in [1.29, 1.82) is 0 Å². The lowest BCUT2D eigenvalue weighted by atomic mass is 10.1. The summed E-state index contributed by atoms with van der Waals surface area (Å²) in [5, 5.41) is 9.22. The van der Waals surface area contributed by atoms with Crippen LogP contribution < -0.4 is 4.90 Å². The van der Waals surface area contributed by atoms with E-state index in [2.05, 4.69) is 38.1 Å². The third-order valence-corrected chi connectivity index (χ3v) is 5.96. The lowest BCUT2D eigenvalue weighted by Crippen LogP contribution is -2.44. The summed E-state index contributed by atoms with van der Waals surface area (Å²) in [6.07, 6.45) is 5.50. The molecule has 1 unspecified atom stereocenters. The normalized spacial score (nSPS) is 17.4. The Bertz CT molecular complexity index is 1120. The minimum absolute atomic E-state index is 0.266. The van der Waals surface area contributed by atoms with Gasteiger partial charge in [0.05, 0.1) is 34.8 Å². The first kappa shape index (κ1) is 17.3. The van der Waals surface area contributed by atoms with Gasteiger partial charge in [-0.15, -0.1) is 11.3 Å². The lowest BCUT2D eigenvalue weighted by molar-refractivity contribution is 0.0986. The summed E-state index contributed by atoms with van der Waals surface area (Å²) < 4.78 is 5.62. The van der Waals surface area contributed by atoms with Crippen LogP contribution in [0.25, 0.3) is 32.7 Å². The average molecular weight is 392 g/mol. The number of rotatable bonds is 3. The van der Waals surface area contributed by atoms with Crippen molar-refractivity contribution in [3.05, 3.63) is 41.8 Å². The van der Waals surface area contributed by atoms with E-state index in [0.717, 1.165) is 50.1 Å². The van der Waals surface area contributed by atoms with E-state index in [-0.39, 0.29) is 6.04 Å². The minimum Gasteiger partial charge on any atom is -0.377 e. The van der Waals surface area contributed by atoms with Gasteiger partial charge in [-0.3, -0.25) is 10.1 Å². The summed E-state index contributed by atoms with van der Waals surface area (Å²) in [6.45, 7) is 6.43. The zero-order chi connectivity index (χ0) is 19.1. The number of nitrogens with zero attached hydrogens (tertiary/aromatic N) is 5. The molecule has 142 valence electrons. The number of aromatic amines is 1. The van der Waals surface area contributed by atoms with E-state index in [0.29, 0.717) is 13.2 Å². The molecule has 1 aliphatic heterocycles. The van der Waals surface area contributed by atoms with Crippen molar-refractivity contribution in [2.24, 2.45) is 0 Å². The molecule has 0 amide bonds. The van der Waals surface area contributed by atoms with Crippen LogP contribution in [0.4, 0.5) is 5.82 Å². The van der Waals surface area contributed by atoms with Crippen LogP contribution in [0, 0.1) is 6.92 Å². The van der Waals surface area contributed by atoms with Crippen LogP contribution in [-0.4, -0.2) is 50.9 Å². The molecular formula is C20H20N6OS. The predicted molar refractivity (Wildman–Crippen MR) is 111 cm³/mol. The number of morpholine rings is 1. The molecule has 7 nitrogen and oxygen atoms in total. The first-order valence-corrected chi connectivity index (χ1v) is 10.1. The second kappa shape index (κ2) is 6.96. The highest BCUT2D eigenvalue weighted by Gasteiger charge is 2.23. The fraction of sp³-hybridized carbons (Fsp3) is 0.300. The Balaban J connectivity index is 1.78. The average Bonchev–Trinajstić information content (AvgIpc) is 3.39. The molecule has 0 bridgehead atoms. The van der Waals surface area contributed by atoms with Gasteiger partial charge < -0.3 is 9.64 Å². The molecule has 8 heteroatoms. The van der Waals surface area contributed by atoms with Crippen LogP contribution >= 0.6 is 11.3 Å². The van der Waals surface area contributed by atoms with Crippen molar-refractivity contribution >= 4 is 28.1 Å². The van der Waals surface area contributed by atoms with E-state index in [4.69, 9.17) is 9.72 Å². The van der Waals surface area contributed by atoms with Crippen molar-refractivity contribution < 1.29 is 4.74 Å². The molecule has 4 aromatic heterocycles. The van der Waals surface area contributed by atoms with Gasteiger partial charge in [0.15, 0.2) is 0 Å². The highest BCUT2D eigenvalue weighted by atomic mass is 32.1. The first-order chi connectivity index (χ1) is 13.7. The SMILES string of the molecule is Cc1ncc(-c2cc(N3CCOCC3C)nc3c(-c4ccn[nH]4)nccc23)s1. The summed E-state index contributed by atoms with van der Waals surface area (Å²) in [6, 6.07) is 6.39. The van der Waals surface area contributed by atoms with Crippen molar-refractivity contribution in [1.82, 2.24) is 25.1 Å². The van der Waals surface area contributed by atoms with E-state index >= 15 is 0 Å². The molecule has 0 radical (unpaired) electrons. The molecule has 1 N–H and O–H groups in total. The lowest BCUT2D eigenvalue weighted by Gasteiger charge is -2.34. The molecule has 28 heavy (non-hydrogen) atoms. The molecule has 0 saturated carbocycles. The third kappa shape index (κ3) is 2.94. The Morgan fingerprint density at radius 2 is 2.18 bits per heavy atom. The second-order valence-electron chi connectivity index (χ2n) is 6.91. The summed E-state index contributed by atoms with van der Waals surface area (Å²) in [4.78, 5) is 17.6. The van der Waals surface area contributed by atoms with E-state index in [1.807, 2.05) is 31.5 Å².